The van der Waals surface area contributed by atoms with Crippen molar-refractivity contribution in [2.45, 2.75) is 6.54 Å². The number of thiophene rings is 1. The van der Waals surface area contributed by atoms with Gasteiger partial charge in [0.15, 0.2) is 0 Å². The maximum Gasteiger partial charge on any atom is 0.251 e. The van der Waals surface area contributed by atoms with Crippen LogP contribution in [0.25, 0.3) is 0 Å². The fourth-order valence-electron chi connectivity index (χ4n) is 1.66. The van der Waals surface area contributed by atoms with Crippen molar-refractivity contribution in [2.75, 3.05) is 13.1 Å². The molecule has 0 aliphatic rings. The minimum absolute atomic E-state index is 0.162. The lowest BCUT2D eigenvalue weighted by Crippen LogP contribution is -2.84. The first-order valence-corrected chi connectivity index (χ1v) is 7.01. The summed E-state index contributed by atoms with van der Waals surface area (Å²) in [5.74, 6) is -0.495. The van der Waals surface area contributed by atoms with E-state index in [0.29, 0.717) is 12.1 Å². The summed E-state index contributed by atoms with van der Waals surface area (Å²) >= 11 is 1.73. The summed E-state index contributed by atoms with van der Waals surface area (Å²) in [6, 6.07) is 9.68. The fourth-order valence-corrected chi connectivity index (χ4v) is 2.37. The Hall–Kier alpha value is -1.72. The highest BCUT2D eigenvalue weighted by atomic mass is 32.1. The number of carbonyl (C=O) groups excluding carboxylic acids is 1. The molecule has 0 saturated heterocycles. The van der Waals surface area contributed by atoms with Crippen molar-refractivity contribution in [2.24, 2.45) is 0 Å². The maximum absolute atomic E-state index is 12.7. The van der Waals surface area contributed by atoms with Crippen LogP contribution in [-0.4, -0.2) is 19.0 Å². The summed E-state index contributed by atoms with van der Waals surface area (Å²) in [5, 5.41) is 7.01. The minimum Gasteiger partial charge on any atom is -0.346 e. The van der Waals surface area contributed by atoms with Crippen LogP contribution in [0.15, 0.2) is 41.8 Å². The van der Waals surface area contributed by atoms with E-state index in [2.05, 4.69) is 22.1 Å². The molecule has 1 aromatic heterocycles. The van der Waals surface area contributed by atoms with Gasteiger partial charge in [0.2, 0.25) is 0 Å². The Morgan fingerprint density at radius 3 is 2.74 bits per heavy atom. The van der Waals surface area contributed by atoms with E-state index in [4.69, 9.17) is 0 Å². The smallest absolute Gasteiger partial charge is 0.251 e. The summed E-state index contributed by atoms with van der Waals surface area (Å²) < 4.78 is 12.7. The number of rotatable bonds is 6. The molecule has 100 valence electrons. The monoisotopic (exact) mass is 279 g/mol. The van der Waals surface area contributed by atoms with Crippen LogP contribution in [0.2, 0.25) is 0 Å². The third-order valence-corrected chi connectivity index (χ3v) is 3.56. The number of nitrogens with two attached hydrogens (primary N) is 1. The average Bonchev–Trinajstić information content (AvgIpc) is 2.92. The standard InChI is InChI=1S/C14H15FN2OS/c15-12-5-3-11(4-6-12)14(18)17-8-7-16-10-13-2-1-9-19-13/h1-6,9,16H,7-8,10H2,(H,17,18)/p+1. The van der Waals surface area contributed by atoms with Crippen LogP contribution in [0.5, 0.6) is 0 Å². The Labute approximate surface area is 115 Å². The molecule has 1 heterocycles. The van der Waals surface area contributed by atoms with Crippen molar-refractivity contribution in [1.29, 1.82) is 0 Å². The van der Waals surface area contributed by atoms with Crippen LogP contribution in [-0.2, 0) is 6.54 Å². The molecule has 1 aromatic carbocycles. The summed E-state index contributed by atoms with van der Waals surface area (Å²) in [5.41, 5.74) is 0.486. The number of nitrogens with one attached hydrogen (secondary N) is 1. The van der Waals surface area contributed by atoms with Crippen LogP contribution >= 0.6 is 11.3 Å². The highest BCUT2D eigenvalue weighted by Gasteiger charge is 2.04. The quantitative estimate of drug-likeness (QED) is 0.771. The van der Waals surface area contributed by atoms with Gasteiger partial charge in [0, 0.05) is 5.56 Å². The highest BCUT2D eigenvalue weighted by Crippen LogP contribution is 2.05. The summed E-state index contributed by atoms with van der Waals surface area (Å²) in [6.07, 6.45) is 0. The first-order chi connectivity index (χ1) is 9.25. The van der Waals surface area contributed by atoms with E-state index in [1.807, 2.05) is 6.07 Å². The van der Waals surface area contributed by atoms with E-state index < -0.39 is 0 Å². The largest absolute Gasteiger partial charge is 0.346 e. The lowest BCUT2D eigenvalue weighted by Gasteiger charge is -2.04. The SMILES string of the molecule is O=C(NCC[NH2+]Cc1cccs1)c1ccc(F)cc1. The van der Waals surface area contributed by atoms with Gasteiger partial charge in [-0.1, -0.05) is 6.07 Å². The Kier molecular flexibility index (Phi) is 5.06. The van der Waals surface area contributed by atoms with Crippen molar-refractivity contribution in [3.05, 3.63) is 58.0 Å². The second-order valence-electron chi connectivity index (χ2n) is 4.12. The number of amides is 1. The lowest BCUT2D eigenvalue weighted by atomic mass is 10.2. The molecule has 3 nitrogen and oxygen atoms in total. The first-order valence-electron chi connectivity index (χ1n) is 6.13. The zero-order valence-electron chi connectivity index (χ0n) is 10.4. The van der Waals surface area contributed by atoms with Crippen LogP contribution in [0.1, 0.15) is 15.2 Å². The molecule has 0 atom stereocenters. The van der Waals surface area contributed by atoms with Gasteiger partial charge in [-0.15, -0.1) is 11.3 Å². The third kappa shape index (κ3) is 4.46. The molecule has 2 rings (SSSR count). The van der Waals surface area contributed by atoms with Gasteiger partial charge in [-0.25, -0.2) is 4.39 Å². The van der Waals surface area contributed by atoms with E-state index in [9.17, 15) is 9.18 Å². The van der Waals surface area contributed by atoms with Crippen LogP contribution in [0, 0.1) is 5.82 Å². The molecular weight excluding hydrogens is 263 g/mol. The number of hydrogen-bond donors (Lipinski definition) is 2. The second kappa shape index (κ2) is 7.01. The summed E-state index contributed by atoms with van der Waals surface area (Å²) in [7, 11) is 0. The molecular formula is C14H16FN2OS+. The van der Waals surface area contributed by atoms with E-state index in [-0.39, 0.29) is 11.7 Å². The predicted octanol–water partition coefficient (Wildman–Crippen LogP) is 1.38. The molecule has 0 spiro atoms. The van der Waals surface area contributed by atoms with Gasteiger partial charge in [0.1, 0.15) is 12.4 Å². The summed E-state index contributed by atoms with van der Waals surface area (Å²) in [4.78, 5) is 13.0. The van der Waals surface area contributed by atoms with Crippen molar-refractivity contribution in [1.82, 2.24) is 5.32 Å². The maximum atomic E-state index is 12.7. The molecule has 0 aliphatic heterocycles. The molecule has 5 heteroatoms. The molecule has 0 aliphatic carbocycles. The zero-order valence-corrected chi connectivity index (χ0v) is 11.3. The van der Waals surface area contributed by atoms with E-state index in [0.717, 1.165) is 13.1 Å². The Balaban J connectivity index is 1.65. The molecule has 0 saturated carbocycles. The average molecular weight is 279 g/mol. The normalized spacial score (nSPS) is 10.4. The molecule has 0 radical (unpaired) electrons. The van der Waals surface area contributed by atoms with Crippen molar-refractivity contribution in [3.8, 4) is 0 Å². The molecule has 3 N–H and O–H groups in total. The molecule has 0 unspecified atom stereocenters. The van der Waals surface area contributed by atoms with Crippen LogP contribution in [0.3, 0.4) is 0 Å². The molecule has 19 heavy (non-hydrogen) atoms. The van der Waals surface area contributed by atoms with Gasteiger partial charge >= 0.3 is 0 Å². The van der Waals surface area contributed by atoms with Gasteiger partial charge in [-0.05, 0) is 35.7 Å². The summed E-state index contributed by atoms with van der Waals surface area (Å²) in [6.45, 7) is 2.36. The van der Waals surface area contributed by atoms with Crippen LogP contribution in [0.4, 0.5) is 4.39 Å². The lowest BCUT2D eigenvalue weighted by molar-refractivity contribution is -0.668. The van der Waals surface area contributed by atoms with Gasteiger partial charge in [-0.2, -0.15) is 0 Å². The number of quaternary nitrogens is 1. The molecule has 2 aromatic rings. The topological polar surface area (TPSA) is 45.7 Å². The number of halogens is 1. The first kappa shape index (κ1) is 13.7. The van der Waals surface area contributed by atoms with Gasteiger partial charge in [0.25, 0.3) is 5.91 Å². The fraction of sp³-hybridized carbons (Fsp3) is 0.214. The third-order valence-electron chi connectivity index (χ3n) is 2.67. The van der Waals surface area contributed by atoms with Crippen LogP contribution < -0.4 is 10.6 Å². The number of hydrogen-bond acceptors (Lipinski definition) is 2. The predicted molar refractivity (Wildman–Crippen MR) is 73.5 cm³/mol. The zero-order chi connectivity index (χ0) is 13.5. The van der Waals surface area contributed by atoms with E-state index in [1.54, 1.807) is 11.3 Å². The van der Waals surface area contributed by atoms with E-state index in [1.165, 1.54) is 29.1 Å². The van der Waals surface area contributed by atoms with E-state index >= 15 is 0 Å². The Morgan fingerprint density at radius 1 is 1.26 bits per heavy atom. The van der Waals surface area contributed by atoms with Gasteiger partial charge < -0.3 is 10.6 Å². The number of benzene rings is 1. The molecule has 0 bridgehead atoms. The number of carbonyl (C=O) groups is 1. The van der Waals surface area contributed by atoms with Crippen molar-refractivity contribution < 1.29 is 14.5 Å². The molecule has 1 amide bonds. The minimum atomic E-state index is -0.333. The highest BCUT2D eigenvalue weighted by molar-refractivity contribution is 7.09. The Morgan fingerprint density at radius 2 is 2.05 bits per heavy atom. The van der Waals surface area contributed by atoms with Crippen molar-refractivity contribution in [3.63, 3.8) is 0 Å². The van der Waals surface area contributed by atoms with Gasteiger partial charge in [0.05, 0.1) is 18.0 Å². The van der Waals surface area contributed by atoms with Crippen molar-refractivity contribution >= 4 is 17.2 Å². The Bertz CT molecular complexity index is 511. The second-order valence-corrected chi connectivity index (χ2v) is 5.16. The molecule has 0 fully saturated rings. The van der Waals surface area contributed by atoms with Gasteiger partial charge in [-0.3, -0.25) is 4.79 Å².